The van der Waals surface area contributed by atoms with Gasteiger partial charge in [0.15, 0.2) is 0 Å². The summed E-state index contributed by atoms with van der Waals surface area (Å²) in [4.78, 5) is 17.9. The quantitative estimate of drug-likeness (QED) is 0.917. The van der Waals surface area contributed by atoms with Crippen LogP contribution in [0.4, 0.5) is 0 Å². The first kappa shape index (κ1) is 16.8. The average molecular weight is 330 g/mol. The number of H-pyrrole nitrogens is 1. The van der Waals surface area contributed by atoms with Crippen LogP contribution < -0.4 is 0 Å². The van der Waals surface area contributed by atoms with Crippen molar-refractivity contribution in [3.8, 4) is 11.1 Å². The lowest BCUT2D eigenvalue weighted by Crippen LogP contribution is -2.62. The van der Waals surface area contributed by atoms with Crippen LogP contribution in [0.2, 0.25) is 0 Å². The molecular weight excluding hydrogens is 304 g/mol. The summed E-state index contributed by atoms with van der Waals surface area (Å²) in [6.45, 7) is 7.06. The minimum atomic E-state index is -0.0365. The van der Waals surface area contributed by atoms with Crippen molar-refractivity contribution >= 4 is 5.91 Å². The molecule has 2 atom stereocenters. The van der Waals surface area contributed by atoms with Crippen LogP contribution in [-0.4, -0.2) is 51.4 Å². The zero-order chi connectivity index (χ0) is 17.5. The maximum atomic E-state index is 13.0. The molecule has 2 heterocycles. The first-order valence-electron chi connectivity index (χ1n) is 8.40. The number of aryl methyl sites for hydroxylation is 1. The largest absolute Gasteiger partial charge is 0.378 e. The molecule has 130 valence electrons. The molecule has 0 bridgehead atoms. The summed E-state index contributed by atoms with van der Waals surface area (Å²) in [6, 6.07) is 0.179. The molecule has 0 aromatic carbocycles. The van der Waals surface area contributed by atoms with Crippen LogP contribution >= 0.6 is 0 Å². The van der Waals surface area contributed by atoms with Crippen molar-refractivity contribution in [2.75, 3.05) is 13.7 Å². The second-order valence-corrected chi connectivity index (χ2v) is 7.12. The minimum Gasteiger partial charge on any atom is -0.378 e. The van der Waals surface area contributed by atoms with Gasteiger partial charge < -0.3 is 14.6 Å². The van der Waals surface area contributed by atoms with Gasteiger partial charge in [0, 0.05) is 61.9 Å². The van der Waals surface area contributed by atoms with Gasteiger partial charge in [-0.3, -0.25) is 9.48 Å². The van der Waals surface area contributed by atoms with Crippen LogP contribution in [0.15, 0.2) is 24.8 Å². The topological polar surface area (TPSA) is 63.1 Å². The number of carbonyl (C=O) groups is 1. The summed E-state index contributed by atoms with van der Waals surface area (Å²) in [5, 5.41) is 4.20. The Kier molecular flexibility index (Phi) is 4.25. The van der Waals surface area contributed by atoms with Gasteiger partial charge in [-0.25, -0.2) is 0 Å². The van der Waals surface area contributed by atoms with Crippen LogP contribution in [0.1, 0.15) is 37.6 Å². The van der Waals surface area contributed by atoms with Gasteiger partial charge in [0.25, 0.3) is 5.91 Å². The van der Waals surface area contributed by atoms with Crippen LogP contribution in [0.25, 0.3) is 11.1 Å². The van der Waals surface area contributed by atoms with Gasteiger partial charge in [-0.05, 0) is 13.3 Å². The number of nitrogens with zero attached hydrogens (tertiary/aromatic N) is 3. The molecule has 1 fully saturated rings. The van der Waals surface area contributed by atoms with Crippen molar-refractivity contribution in [2.45, 2.75) is 39.3 Å². The van der Waals surface area contributed by atoms with E-state index in [2.05, 4.69) is 23.9 Å². The lowest BCUT2D eigenvalue weighted by Gasteiger charge is -2.54. The second kappa shape index (κ2) is 6.09. The fourth-order valence-electron chi connectivity index (χ4n) is 3.68. The second-order valence-electron chi connectivity index (χ2n) is 7.12. The molecule has 0 saturated heterocycles. The van der Waals surface area contributed by atoms with E-state index in [1.165, 1.54) is 0 Å². The molecule has 6 nitrogen and oxygen atoms in total. The molecular formula is C18H26N4O2. The van der Waals surface area contributed by atoms with E-state index in [9.17, 15) is 4.79 Å². The molecule has 0 spiro atoms. The first-order chi connectivity index (χ1) is 11.4. The summed E-state index contributed by atoms with van der Waals surface area (Å²) in [7, 11) is 3.76. The number of ether oxygens (including phenoxy) is 1. The van der Waals surface area contributed by atoms with Gasteiger partial charge in [0.1, 0.15) is 0 Å². The summed E-state index contributed by atoms with van der Waals surface area (Å²) >= 11 is 0. The van der Waals surface area contributed by atoms with Gasteiger partial charge in [-0.2, -0.15) is 5.10 Å². The van der Waals surface area contributed by atoms with Crippen LogP contribution in [0, 0.1) is 5.41 Å². The van der Waals surface area contributed by atoms with Crippen molar-refractivity contribution in [2.24, 2.45) is 12.5 Å². The Labute approximate surface area is 142 Å². The van der Waals surface area contributed by atoms with E-state index in [1.54, 1.807) is 17.1 Å². The van der Waals surface area contributed by atoms with Gasteiger partial charge >= 0.3 is 0 Å². The summed E-state index contributed by atoms with van der Waals surface area (Å²) in [6.07, 6.45) is 8.42. The Hall–Kier alpha value is -2.08. The fourth-order valence-corrected chi connectivity index (χ4v) is 3.68. The molecule has 6 heteroatoms. The molecule has 24 heavy (non-hydrogen) atoms. The third kappa shape index (κ3) is 2.65. The number of nitrogens with one attached hydrogen (secondary N) is 1. The number of hydrogen-bond acceptors (Lipinski definition) is 3. The van der Waals surface area contributed by atoms with Gasteiger partial charge in [-0.15, -0.1) is 0 Å². The van der Waals surface area contributed by atoms with Crippen molar-refractivity contribution in [1.82, 2.24) is 19.7 Å². The number of rotatable bonds is 5. The number of carbonyl (C=O) groups excluding carboxylic acids is 1. The van der Waals surface area contributed by atoms with E-state index >= 15 is 0 Å². The Morgan fingerprint density at radius 1 is 1.50 bits per heavy atom. The van der Waals surface area contributed by atoms with Gasteiger partial charge in [0.2, 0.25) is 0 Å². The van der Waals surface area contributed by atoms with Crippen molar-refractivity contribution < 1.29 is 9.53 Å². The highest BCUT2D eigenvalue weighted by Crippen LogP contribution is 2.46. The molecule has 2 unspecified atom stereocenters. The molecule has 1 amide bonds. The third-order valence-corrected chi connectivity index (χ3v) is 5.27. The first-order valence-corrected chi connectivity index (χ1v) is 8.40. The van der Waals surface area contributed by atoms with Crippen molar-refractivity contribution in [3.05, 3.63) is 30.4 Å². The maximum Gasteiger partial charge on any atom is 0.256 e. The van der Waals surface area contributed by atoms with Crippen LogP contribution in [0.3, 0.4) is 0 Å². The van der Waals surface area contributed by atoms with Crippen LogP contribution in [-0.2, 0) is 11.8 Å². The van der Waals surface area contributed by atoms with E-state index in [1.807, 2.05) is 38.3 Å². The fraction of sp³-hybridized carbons (Fsp3) is 0.556. The number of aromatic amines is 1. The lowest BCUT2D eigenvalue weighted by atomic mass is 9.63. The maximum absolute atomic E-state index is 13.0. The monoisotopic (exact) mass is 330 g/mol. The van der Waals surface area contributed by atoms with E-state index < -0.39 is 0 Å². The molecule has 2 aromatic heterocycles. The summed E-state index contributed by atoms with van der Waals surface area (Å²) < 4.78 is 7.52. The zero-order valence-corrected chi connectivity index (χ0v) is 15.0. The highest BCUT2D eigenvalue weighted by Gasteiger charge is 2.52. The minimum absolute atomic E-state index is 0.0307. The molecule has 0 radical (unpaired) electrons. The van der Waals surface area contributed by atoms with Gasteiger partial charge in [0.05, 0.1) is 17.9 Å². The molecule has 2 aromatic rings. The van der Waals surface area contributed by atoms with E-state index in [-0.39, 0.29) is 23.5 Å². The van der Waals surface area contributed by atoms with E-state index in [0.717, 1.165) is 17.5 Å². The number of hydrogen-bond donors (Lipinski definition) is 1. The van der Waals surface area contributed by atoms with Gasteiger partial charge in [-0.1, -0.05) is 13.8 Å². The zero-order valence-electron chi connectivity index (χ0n) is 15.0. The average Bonchev–Trinajstić information content (AvgIpc) is 3.18. The predicted octanol–water partition coefficient (Wildman–Crippen LogP) is 2.69. The van der Waals surface area contributed by atoms with Crippen molar-refractivity contribution in [1.29, 1.82) is 0 Å². The molecule has 1 N–H and O–H groups in total. The molecule has 3 rings (SSSR count). The predicted molar refractivity (Wildman–Crippen MR) is 92.7 cm³/mol. The molecule has 1 saturated carbocycles. The van der Waals surface area contributed by atoms with E-state index in [0.29, 0.717) is 12.2 Å². The van der Waals surface area contributed by atoms with E-state index in [4.69, 9.17) is 4.74 Å². The highest BCUT2D eigenvalue weighted by molar-refractivity contribution is 6.00. The standard InChI is InChI=1S/C18H26N4O2/c1-6-24-16-7-15(18(16,2)3)22(5)17(23)14-10-19-9-13(14)12-8-20-21(4)11-12/h8-11,15-16,19H,6-7H2,1-5H3. The SMILES string of the molecule is CCOC1CC(N(C)C(=O)c2c[nH]cc2-c2cnn(C)c2)C1(C)C. The Balaban J connectivity index is 1.80. The molecule has 0 aliphatic heterocycles. The summed E-state index contributed by atoms with van der Waals surface area (Å²) in [5.74, 6) is 0.0307. The Morgan fingerprint density at radius 2 is 2.25 bits per heavy atom. The Bertz CT molecular complexity index is 731. The summed E-state index contributed by atoms with van der Waals surface area (Å²) in [5.41, 5.74) is 2.47. The van der Waals surface area contributed by atoms with Crippen LogP contribution in [0.5, 0.6) is 0 Å². The highest BCUT2D eigenvalue weighted by atomic mass is 16.5. The third-order valence-electron chi connectivity index (χ3n) is 5.27. The van der Waals surface area contributed by atoms with Crippen molar-refractivity contribution in [3.63, 3.8) is 0 Å². The Morgan fingerprint density at radius 3 is 2.83 bits per heavy atom. The number of amides is 1. The smallest absolute Gasteiger partial charge is 0.256 e. The molecule has 1 aliphatic carbocycles. The normalized spacial score (nSPS) is 22.2. The molecule has 1 aliphatic rings. The lowest BCUT2D eigenvalue weighted by molar-refractivity contribution is -0.136. The number of aromatic nitrogens is 3.